The number of hydrogen-bond acceptors (Lipinski definition) is 6. The van der Waals surface area contributed by atoms with E-state index in [9.17, 15) is 9.59 Å². The second-order valence-corrected chi connectivity index (χ2v) is 6.70. The number of esters is 1. The van der Waals surface area contributed by atoms with Gasteiger partial charge in [0.05, 0.1) is 28.3 Å². The molecule has 1 aromatic carbocycles. The van der Waals surface area contributed by atoms with Crippen LogP contribution >= 0.6 is 11.3 Å². The molecule has 26 heavy (non-hydrogen) atoms. The average Bonchev–Trinajstić information content (AvgIpc) is 3.22. The minimum atomic E-state index is -0.382. The van der Waals surface area contributed by atoms with Crippen LogP contribution in [0.2, 0.25) is 0 Å². The monoisotopic (exact) mass is 370 g/mol. The standard InChI is InChI=1S/C19H18N2O4S/c1-4-24-19(23)13-5-7-14(8-6-13)20-18(22)16-10-9-15(26-16)17-11(2)21-25-12(17)3/h5-10H,4H2,1-3H3,(H,20,22). The fourth-order valence-electron chi connectivity index (χ4n) is 2.53. The van der Waals surface area contributed by atoms with Gasteiger partial charge < -0.3 is 14.6 Å². The van der Waals surface area contributed by atoms with Crippen molar-refractivity contribution >= 4 is 28.9 Å². The lowest BCUT2D eigenvalue weighted by Crippen LogP contribution is -2.10. The largest absolute Gasteiger partial charge is 0.462 e. The SMILES string of the molecule is CCOC(=O)c1ccc(NC(=O)c2ccc(-c3c(C)noc3C)s2)cc1. The molecular weight excluding hydrogens is 352 g/mol. The molecule has 0 spiro atoms. The van der Waals surface area contributed by atoms with Gasteiger partial charge in [0.25, 0.3) is 5.91 Å². The van der Waals surface area contributed by atoms with E-state index in [1.54, 1.807) is 37.3 Å². The molecule has 6 nitrogen and oxygen atoms in total. The Morgan fingerprint density at radius 3 is 2.50 bits per heavy atom. The summed E-state index contributed by atoms with van der Waals surface area (Å²) in [5.74, 6) is 0.135. The number of carbonyl (C=O) groups excluding carboxylic acids is 2. The average molecular weight is 370 g/mol. The van der Waals surface area contributed by atoms with Gasteiger partial charge in [-0.2, -0.15) is 0 Å². The molecule has 0 aliphatic rings. The van der Waals surface area contributed by atoms with E-state index < -0.39 is 0 Å². The lowest BCUT2D eigenvalue weighted by atomic mass is 10.2. The molecule has 0 atom stereocenters. The quantitative estimate of drug-likeness (QED) is 0.671. The van der Waals surface area contributed by atoms with Crippen LogP contribution in [0.25, 0.3) is 10.4 Å². The number of anilines is 1. The van der Waals surface area contributed by atoms with Crippen molar-refractivity contribution in [3.05, 3.63) is 58.3 Å². The number of thiophene rings is 1. The van der Waals surface area contributed by atoms with Crippen LogP contribution in [0.15, 0.2) is 40.9 Å². The molecule has 1 amide bonds. The summed E-state index contributed by atoms with van der Waals surface area (Å²) in [6, 6.07) is 10.2. The van der Waals surface area contributed by atoms with Crippen LogP contribution in [0, 0.1) is 13.8 Å². The first-order chi connectivity index (χ1) is 12.5. The summed E-state index contributed by atoms with van der Waals surface area (Å²) in [5, 5.41) is 6.77. The van der Waals surface area contributed by atoms with Gasteiger partial charge >= 0.3 is 5.97 Å². The Labute approximate surface area is 154 Å². The van der Waals surface area contributed by atoms with Gasteiger partial charge in [-0.25, -0.2) is 4.79 Å². The van der Waals surface area contributed by atoms with Crippen LogP contribution in [0.1, 0.15) is 38.4 Å². The van der Waals surface area contributed by atoms with Crippen LogP contribution in [0.4, 0.5) is 5.69 Å². The highest BCUT2D eigenvalue weighted by Gasteiger charge is 2.16. The summed E-state index contributed by atoms with van der Waals surface area (Å²) in [6.45, 7) is 5.80. The van der Waals surface area contributed by atoms with Crippen LogP contribution in [0.5, 0.6) is 0 Å². The Bertz CT molecular complexity index is 921. The number of amides is 1. The Morgan fingerprint density at radius 1 is 1.15 bits per heavy atom. The molecule has 0 bridgehead atoms. The van der Waals surface area contributed by atoms with Gasteiger partial charge in [0.15, 0.2) is 0 Å². The van der Waals surface area contributed by atoms with Crippen molar-refractivity contribution in [2.45, 2.75) is 20.8 Å². The molecule has 3 rings (SSSR count). The predicted molar refractivity (Wildman–Crippen MR) is 99.6 cm³/mol. The summed E-state index contributed by atoms with van der Waals surface area (Å²) in [7, 11) is 0. The van der Waals surface area contributed by atoms with E-state index in [1.807, 2.05) is 19.9 Å². The molecule has 134 valence electrons. The van der Waals surface area contributed by atoms with Crippen LogP contribution in [-0.4, -0.2) is 23.6 Å². The van der Waals surface area contributed by atoms with Gasteiger partial charge in [0.1, 0.15) is 5.76 Å². The number of carbonyl (C=O) groups is 2. The van der Waals surface area contributed by atoms with Crippen LogP contribution in [0.3, 0.4) is 0 Å². The van der Waals surface area contributed by atoms with Crippen molar-refractivity contribution < 1.29 is 18.8 Å². The van der Waals surface area contributed by atoms with Gasteiger partial charge in [-0.3, -0.25) is 4.79 Å². The van der Waals surface area contributed by atoms with Gasteiger partial charge in [-0.05, 0) is 57.2 Å². The van der Waals surface area contributed by atoms with E-state index in [0.29, 0.717) is 22.7 Å². The van der Waals surface area contributed by atoms with Crippen molar-refractivity contribution in [1.82, 2.24) is 5.16 Å². The number of nitrogens with one attached hydrogen (secondary N) is 1. The molecule has 0 radical (unpaired) electrons. The number of nitrogens with zero attached hydrogens (tertiary/aromatic N) is 1. The number of hydrogen-bond donors (Lipinski definition) is 1. The first kappa shape index (κ1) is 17.9. The van der Waals surface area contributed by atoms with E-state index >= 15 is 0 Å². The molecule has 0 saturated carbocycles. The van der Waals surface area contributed by atoms with Gasteiger partial charge in [0.2, 0.25) is 0 Å². The highest BCUT2D eigenvalue weighted by atomic mass is 32.1. The summed E-state index contributed by atoms with van der Waals surface area (Å²) in [5.41, 5.74) is 2.77. The van der Waals surface area contributed by atoms with Crippen molar-refractivity contribution in [2.24, 2.45) is 0 Å². The molecule has 0 aliphatic heterocycles. The molecule has 3 aromatic rings. The lowest BCUT2D eigenvalue weighted by molar-refractivity contribution is 0.0526. The number of benzene rings is 1. The van der Waals surface area contributed by atoms with Crippen molar-refractivity contribution in [2.75, 3.05) is 11.9 Å². The maximum atomic E-state index is 12.5. The third-order valence-corrected chi connectivity index (χ3v) is 4.86. The number of aromatic nitrogens is 1. The Kier molecular flexibility index (Phi) is 5.18. The molecule has 0 fully saturated rings. The molecular formula is C19H18N2O4S. The lowest BCUT2D eigenvalue weighted by Gasteiger charge is -2.05. The zero-order valence-corrected chi connectivity index (χ0v) is 15.5. The van der Waals surface area contributed by atoms with Crippen LogP contribution < -0.4 is 5.32 Å². The van der Waals surface area contributed by atoms with E-state index in [1.165, 1.54) is 11.3 Å². The topological polar surface area (TPSA) is 81.4 Å². The Balaban J connectivity index is 1.72. The van der Waals surface area contributed by atoms with E-state index in [-0.39, 0.29) is 11.9 Å². The molecule has 2 heterocycles. The first-order valence-corrected chi connectivity index (χ1v) is 8.93. The van der Waals surface area contributed by atoms with Gasteiger partial charge in [0, 0.05) is 10.6 Å². The zero-order valence-electron chi connectivity index (χ0n) is 14.7. The van der Waals surface area contributed by atoms with Crippen LogP contribution in [-0.2, 0) is 4.74 Å². The number of rotatable bonds is 5. The highest BCUT2D eigenvalue weighted by molar-refractivity contribution is 7.17. The highest BCUT2D eigenvalue weighted by Crippen LogP contribution is 2.33. The second kappa shape index (κ2) is 7.53. The normalized spacial score (nSPS) is 10.6. The van der Waals surface area contributed by atoms with Crippen molar-refractivity contribution in [3.63, 3.8) is 0 Å². The Morgan fingerprint density at radius 2 is 1.88 bits per heavy atom. The molecule has 7 heteroatoms. The third kappa shape index (κ3) is 3.67. The smallest absolute Gasteiger partial charge is 0.338 e. The summed E-state index contributed by atoms with van der Waals surface area (Å²) >= 11 is 1.37. The minimum Gasteiger partial charge on any atom is -0.462 e. The summed E-state index contributed by atoms with van der Waals surface area (Å²) in [4.78, 5) is 25.6. The summed E-state index contributed by atoms with van der Waals surface area (Å²) in [6.07, 6.45) is 0. The number of aryl methyl sites for hydroxylation is 2. The Hall–Kier alpha value is -2.93. The molecule has 1 N–H and O–H groups in total. The third-order valence-electron chi connectivity index (χ3n) is 3.76. The van der Waals surface area contributed by atoms with E-state index in [2.05, 4.69) is 10.5 Å². The fraction of sp³-hybridized carbons (Fsp3) is 0.211. The zero-order chi connectivity index (χ0) is 18.7. The second-order valence-electron chi connectivity index (χ2n) is 5.62. The van der Waals surface area contributed by atoms with E-state index in [4.69, 9.17) is 9.26 Å². The maximum Gasteiger partial charge on any atom is 0.338 e. The van der Waals surface area contributed by atoms with Gasteiger partial charge in [-0.15, -0.1) is 11.3 Å². The minimum absolute atomic E-state index is 0.211. The number of ether oxygens (including phenoxy) is 1. The molecule has 0 aliphatic carbocycles. The maximum absolute atomic E-state index is 12.5. The molecule has 0 unspecified atom stereocenters. The van der Waals surface area contributed by atoms with Crippen molar-refractivity contribution in [3.8, 4) is 10.4 Å². The summed E-state index contributed by atoms with van der Waals surface area (Å²) < 4.78 is 10.1. The molecule has 2 aromatic heterocycles. The van der Waals surface area contributed by atoms with Crippen molar-refractivity contribution in [1.29, 1.82) is 0 Å². The van der Waals surface area contributed by atoms with Gasteiger partial charge in [-0.1, -0.05) is 5.16 Å². The fourth-order valence-corrected chi connectivity index (χ4v) is 3.57. The van der Waals surface area contributed by atoms with E-state index in [0.717, 1.165) is 21.9 Å². The first-order valence-electron chi connectivity index (χ1n) is 8.11. The predicted octanol–water partition coefficient (Wildman–Crippen LogP) is 4.45. The molecule has 0 saturated heterocycles.